The lowest BCUT2D eigenvalue weighted by Gasteiger charge is -2.09. The molecule has 1 rings (SSSR count). The molecule has 3 nitrogen and oxygen atoms in total. The summed E-state index contributed by atoms with van der Waals surface area (Å²) in [6, 6.07) is 2.57. The summed E-state index contributed by atoms with van der Waals surface area (Å²) in [6.45, 7) is 0.168. The van der Waals surface area contributed by atoms with Crippen LogP contribution in [0.3, 0.4) is 0 Å². The van der Waals surface area contributed by atoms with Crippen LogP contribution in [-0.2, 0) is 6.18 Å². The van der Waals surface area contributed by atoms with E-state index >= 15 is 0 Å². The second-order valence-corrected chi connectivity index (χ2v) is 2.81. The van der Waals surface area contributed by atoms with E-state index in [4.69, 9.17) is 11.5 Å². The van der Waals surface area contributed by atoms with Crippen LogP contribution in [0, 0.1) is 0 Å². The van der Waals surface area contributed by atoms with Gasteiger partial charge in [0, 0.05) is 12.1 Å². The maximum Gasteiger partial charge on any atom is 0.434 e. The number of rotatable bonds is 2. The van der Waals surface area contributed by atoms with Gasteiger partial charge in [-0.3, -0.25) is 0 Å². The van der Waals surface area contributed by atoms with Gasteiger partial charge in [-0.05, 0) is 12.1 Å². The number of halogens is 3. The van der Waals surface area contributed by atoms with Gasteiger partial charge in [-0.2, -0.15) is 13.2 Å². The molecule has 6 heteroatoms. The molecule has 0 aliphatic heterocycles. The molecule has 4 N–H and O–H groups in total. The number of nitrogen functional groups attached to an aromatic ring is 1. The van der Waals surface area contributed by atoms with Crippen molar-refractivity contribution in [1.82, 2.24) is 4.98 Å². The fraction of sp³-hybridized carbons (Fsp3) is 0.222. The zero-order valence-corrected chi connectivity index (χ0v) is 7.75. The Hall–Kier alpha value is -1.56. The molecule has 15 heavy (non-hydrogen) atoms. The Morgan fingerprint density at radius 3 is 2.53 bits per heavy atom. The molecular weight excluding hydrogens is 207 g/mol. The van der Waals surface area contributed by atoms with Crippen molar-refractivity contribution in [3.63, 3.8) is 0 Å². The third kappa shape index (κ3) is 2.95. The second-order valence-electron chi connectivity index (χ2n) is 2.81. The highest BCUT2D eigenvalue weighted by Gasteiger charge is 2.34. The summed E-state index contributed by atoms with van der Waals surface area (Å²) in [7, 11) is 0. The minimum atomic E-state index is -4.51. The third-order valence-electron chi connectivity index (χ3n) is 1.65. The molecule has 1 heterocycles. The van der Waals surface area contributed by atoms with Crippen molar-refractivity contribution in [2.75, 3.05) is 12.3 Å². The van der Waals surface area contributed by atoms with Gasteiger partial charge >= 0.3 is 6.18 Å². The van der Waals surface area contributed by atoms with Crippen LogP contribution in [0.5, 0.6) is 0 Å². The summed E-state index contributed by atoms with van der Waals surface area (Å²) in [5.74, 6) is -0.160. The number of alkyl halides is 3. The highest BCUT2D eigenvalue weighted by molar-refractivity contribution is 5.55. The molecule has 0 bridgehead atoms. The number of pyridine rings is 1. The number of hydrogen-bond donors (Lipinski definition) is 2. The van der Waals surface area contributed by atoms with E-state index in [2.05, 4.69) is 4.98 Å². The van der Waals surface area contributed by atoms with E-state index in [9.17, 15) is 13.2 Å². The van der Waals surface area contributed by atoms with E-state index in [1.807, 2.05) is 0 Å². The van der Waals surface area contributed by atoms with Crippen LogP contribution in [-0.4, -0.2) is 11.5 Å². The maximum absolute atomic E-state index is 12.5. The Bertz CT molecular complexity index is 371. The summed E-state index contributed by atoms with van der Waals surface area (Å²) in [5.41, 5.74) is 9.31. The van der Waals surface area contributed by atoms with E-state index in [-0.39, 0.29) is 17.9 Å². The lowest BCUT2D eigenvalue weighted by atomic mass is 10.1. The lowest BCUT2D eigenvalue weighted by Crippen LogP contribution is -2.11. The molecule has 1 aromatic rings. The number of hydrogen-bond acceptors (Lipinski definition) is 3. The SMILES string of the molecule is NCC=Cc1ccc(N)nc1C(F)(F)F. The van der Waals surface area contributed by atoms with Crippen LogP contribution in [0.15, 0.2) is 18.2 Å². The predicted molar refractivity (Wildman–Crippen MR) is 51.7 cm³/mol. The molecule has 0 aromatic carbocycles. The highest BCUT2D eigenvalue weighted by Crippen LogP contribution is 2.31. The molecule has 0 radical (unpaired) electrons. The minimum absolute atomic E-state index is 0.0397. The topological polar surface area (TPSA) is 64.9 Å². The average molecular weight is 217 g/mol. The summed E-state index contributed by atoms with van der Waals surface area (Å²) < 4.78 is 37.4. The van der Waals surface area contributed by atoms with Gasteiger partial charge in [-0.1, -0.05) is 12.2 Å². The molecule has 0 fully saturated rings. The van der Waals surface area contributed by atoms with Crippen LogP contribution in [0.4, 0.5) is 19.0 Å². The molecule has 82 valence electrons. The maximum atomic E-state index is 12.5. The first-order chi connectivity index (χ1) is 6.95. The Balaban J connectivity index is 3.21. The molecule has 0 aliphatic carbocycles. The lowest BCUT2D eigenvalue weighted by molar-refractivity contribution is -0.141. The number of nitrogens with two attached hydrogens (primary N) is 2. The summed E-state index contributed by atoms with van der Waals surface area (Å²) in [6.07, 6.45) is -1.82. The van der Waals surface area contributed by atoms with Crippen LogP contribution in [0.2, 0.25) is 0 Å². The van der Waals surface area contributed by atoms with E-state index in [0.717, 1.165) is 0 Å². The zero-order chi connectivity index (χ0) is 11.5. The van der Waals surface area contributed by atoms with Gasteiger partial charge in [-0.15, -0.1) is 0 Å². The highest BCUT2D eigenvalue weighted by atomic mass is 19.4. The first kappa shape index (κ1) is 11.5. The van der Waals surface area contributed by atoms with Gasteiger partial charge in [0.25, 0.3) is 0 Å². The molecule has 0 unspecified atom stereocenters. The molecule has 0 saturated heterocycles. The minimum Gasteiger partial charge on any atom is -0.384 e. The zero-order valence-electron chi connectivity index (χ0n) is 7.75. The molecule has 0 saturated carbocycles. The van der Waals surface area contributed by atoms with Gasteiger partial charge in [0.1, 0.15) is 5.82 Å². The number of aromatic nitrogens is 1. The van der Waals surface area contributed by atoms with Crippen molar-refractivity contribution in [3.8, 4) is 0 Å². The molecule has 0 amide bonds. The fourth-order valence-corrected chi connectivity index (χ4v) is 1.04. The Kier molecular flexibility index (Phi) is 3.31. The molecule has 0 spiro atoms. The van der Waals surface area contributed by atoms with E-state index in [1.165, 1.54) is 24.3 Å². The van der Waals surface area contributed by atoms with Crippen LogP contribution >= 0.6 is 0 Å². The third-order valence-corrected chi connectivity index (χ3v) is 1.65. The monoisotopic (exact) mass is 217 g/mol. The van der Waals surface area contributed by atoms with E-state index in [0.29, 0.717) is 0 Å². The Morgan fingerprint density at radius 1 is 1.33 bits per heavy atom. The van der Waals surface area contributed by atoms with Crippen molar-refractivity contribution in [3.05, 3.63) is 29.5 Å². The summed E-state index contributed by atoms with van der Waals surface area (Å²) in [5, 5.41) is 0. The van der Waals surface area contributed by atoms with Crippen LogP contribution < -0.4 is 11.5 Å². The normalized spacial score (nSPS) is 12.3. The molecule has 1 aromatic heterocycles. The molecular formula is C9H10F3N3. The number of anilines is 1. The smallest absolute Gasteiger partial charge is 0.384 e. The van der Waals surface area contributed by atoms with Gasteiger partial charge in [0.05, 0.1) is 0 Å². The average Bonchev–Trinajstić information content (AvgIpc) is 2.14. The Morgan fingerprint density at radius 2 is 2.00 bits per heavy atom. The van der Waals surface area contributed by atoms with Gasteiger partial charge in [0.2, 0.25) is 0 Å². The first-order valence-corrected chi connectivity index (χ1v) is 4.15. The van der Waals surface area contributed by atoms with Crippen molar-refractivity contribution >= 4 is 11.9 Å². The molecule has 0 aliphatic rings. The second kappa shape index (κ2) is 4.31. The first-order valence-electron chi connectivity index (χ1n) is 4.15. The Labute approximate surface area is 84.6 Å². The largest absolute Gasteiger partial charge is 0.434 e. The van der Waals surface area contributed by atoms with Gasteiger partial charge < -0.3 is 11.5 Å². The predicted octanol–water partition coefficient (Wildman–Crippen LogP) is 1.65. The number of nitrogens with zero attached hydrogens (tertiary/aromatic N) is 1. The summed E-state index contributed by atoms with van der Waals surface area (Å²) >= 11 is 0. The summed E-state index contributed by atoms with van der Waals surface area (Å²) in [4.78, 5) is 3.26. The van der Waals surface area contributed by atoms with Crippen molar-refractivity contribution in [1.29, 1.82) is 0 Å². The molecule has 0 atom stereocenters. The van der Waals surface area contributed by atoms with Crippen molar-refractivity contribution in [2.45, 2.75) is 6.18 Å². The van der Waals surface area contributed by atoms with Crippen LogP contribution in [0.1, 0.15) is 11.3 Å². The fourth-order valence-electron chi connectivity index (χ4n) is 1.04. The van der Waals surface area contributed by atoms with Gasteiger partial charge in [-0.25, -0.2) is 4.98 Å². The van der Waals surface area contributed by atoms with Crippen molar-refractivity contribution < 1.29 is 13.2 Å². The van der Waals surface area contributed by atoms with Crippen molar-refractivity contribution in [2.24, 2.45) is 5.73 Å². The van der Waals surface area contributed by atoms with Gasteiger partial charge in [0.15, 0.2) is 5.69 Å². The van der Waals surface area contributed by atoms with E-state index in [1.54, 1.807) is 0 Å². The van der Waals surface area contributed by atoms with E-state index < -0.39 is 11.9 Å². The van der Waals surface area contributed by atoms with Crippen LogP contribution in [0.25, 0.3) is 6.08 Å². The quantitative estimate of drug-likeness (QED) is 0.791. The standard InChI is InChI=1S/C9H10F3N3/c10-9(11,12)8-6(2-1-5-13)3-4-7(14)15-8/h1-4H,5,13H2,(H2,14,15).